The van der Waals surface area contributed by atoms with Crippen LogP contribution in [-0.2, 0) is 0 Å². The van der Waals surface area contributed by atoms with Gasteiger partial charge in [-0.15, -0.1) is 0 Å². The molecule has 0 saturated carbocycles. The van der Waals surface area contributed by atoms with Crippen LogP contribution >= 0.6 is 15.9 Å². The van der Waals surface area contributed by atoms with Crippen LogP contribution in [0.5, 0.6) is 0 Å². The van der Waals surface area contributed by atoms with Gasteiger partial charge in [-0.2, -0.15) is 0 Å². The van der Waals surface area contributed by atoms with E-state index in [0.717, 1.165) is 0 Å². The second kappa shape index (κ2) is 2.83. The number of hydrogen-bond donors (Lipinski definition) is 2. The minimum atomic E-state index is -0.181. The molecule has 0 spiro atoms. The minimum absolute atomic E-state index is 0.181. The molecule has 0 bridgehead atoms. The third kappa shape index (κ3) is 1.36. The van der Waals surface area contributed by atoms with Crippen molar-refractivity contribution in [3.63, 3.8) is 0 Å². The van der Waals surface area contributed by atoms with Crippen molar-refractivity contribution in [2.75, 3.05) is 12.4 Å². The Morgan fingerprint density at radius 3 is 3.00 bits per heavy atom. The summed E-state index contributed by atoms with van der Waals surface area (Å²) in [7, 11) is 1.69. The number of hydrogen-bond acceptors (Lipinski definition) is 3. The molecule has 1 aromatic heterocycles. The van der Waals surface area contributed by atoms with Crippen molar-refractivity contribution < 1.29 is 0 Å². The topological polar surface area (TPSA) is 57.8 Å². The zero-order chi connectivity index (χ0) is 7.56. The summed E-state index contributed by atoms with van der Waals surface area (Å²) in [6.45, 7) is 0. The van der Waals surface area contributed by atoms with Gasteiger partial charge in [-0.25, -0.2) is 4.98 Å². The molecular formula is C5H6BrN3O. The van der Waals surface area contributed by atoms with Crippen LogP contribution < -0.4 is 10.9 Å². The van der Waals surface area contributed by atoms with Crippen molar-refractivity contribution in [3.05, 3.63) is 21.0 Å². The highest BCUT2D eigenvalue weighted by Crippen LogP contribution is 1.99. The van der Waals surface area contributed by atoms with Crippen molar-refractivity contribution >= 4 is 21.9 Å². The Balaban J connectivity index is 3.17. The molecule has 0 aliphatic carbocycles. The lowest BCUT2D eigenvalue weighted by atomic mass is 10.6. The highest BCUT2D eigenvalue weighted by atomic mass is 79.9. The normalized spacial score (nSPS) is 9.40. The smallest absolute Gasteiger partial charge is 0.266 e. The summed E-state index contributed by atoms with van der Waals surface area (Å²) in [6, 6.07) is 0. The molecule has 0 radical (unpaired) electrons. The van der Waals surface area contributed by atoms with Gasteiger partial charge >= 0.3 is 0 Å². The minimum Gasteiger partial charge on any atom is -0.359 e. The first-order chi connectivity index (χ1) is 4.74. The fraction of sp³-hybridized carbons (Fsp3) is 0.200. The summed E-state index contributed by atoms with van der Waals surface area (Å²) in [6.07, 6.45) is 1.45. The number of H-pyrrole nitrogens is 1. The lowest BCUT2D eigenvalue weighted by molar-refractivity contribution is 1.09. The Morgan fingerprint density at radius 2 is 2.50 bits per heavy atom. The molecule has 0 saturated heterocycles. The zero-order valence-electron chi connectivity index (χ0n) is 5.31. The highest BCUT2D eigenvalue weighted by Gasteiger charge is 1.94. The number of halogens is 1. The molecule has 0 aromatic carbocycles. The summed E-state index contributed by atoms with van der Waals surface area (Å²) >= 11 is 3.02. The molecule has 4 nitrogen and oxygen atoms in total. The second-order valence-corrected chi connectivity index (χ2v) is 2.51. The van der Waals surface area contributed by atoms with Gasteiger partial charge in [-0.3, -0.25) is 9.78 Å². The first kappa shape index (κ1) is 7.27. The third-order valence-corrected chi connectivity index (χ3v) is 1.56. The lowest BCUT2D eigenvalue weighted by Crippen LogP contribution is -2.10. The van der Waals surface area contributed by atoms with Gasteiger partial charge in [-0.1, -0.05) is 0 Å². The summed E-state index contributed by atoms with van der Waals surface area (Å²) in [5.74, 6) is 0.466. The standard InChI is InChI=1S/C5H6BrN3O/c1-7-5-8-2-3(6)4(10)9-5/h2H,1H3,(H2,7,8,9,10). The van der Waals surface area contributed by atoms with Crippen molar-refractivity contribution in [3.8, 4) is 0 Å². The zero-order valence-corrected chi connectivity index (χ0v) is 6.90. The molecule has 0 aliphatic rings. The van der Waals surface area contributed by atoms with Gasteiger partial charge in [0.1, 0.15) is 4.47 Å². The number of aromatic nitrogens is 2. The first-order valence-corrected chi connectivity index (χ1v) is 3.46. The van der Waals surface area contributed by atoms with E-state index in [-0.39, 0.29) is 5.56 Å². The molecule has 54 valence electrons. The van der Waals surface area contributed by atoms with Crippen LogP contribution in [0.4, 0.5) is 5.95 Å². The van der Waals surface area contributed by atoms with Crippen molar-refractivity contribution in [1.29, 1.82) is 0 Å². The van der Waals surface area contributed by atoms with E-state index in [4.69, 9.17) is 0 Å². The Morgan fingerprint density at radius 1 is 1.80 bits per heavy atom. The summed E-state index contributed by atoms with van der Waals surface area (Å²) in [5.41, 5.74) is -0.181. The van der Waals surface area contributed by atoms with Gasteiger partial charge in [-0.05, 0) is 15.9 Å². The quantitative estimate of drug-likeness (QED) is 0.703. The Labute approximate surface area is 65.8 Å². The summed E-state index contributed by atoms with van der Waals surface area (Å²) < 4.78 is 0.437. The Hall–Kier alpha value is -0.840. The molecule has 10 heavy (non-hydrogen) atoms. The molecule has 5 heteroatoms. The molecule has 1 rings (SSSR count). The molecule has 2 N–H and O–H groups in total. The van der Waals surface area contributed by atoms with Gasteiger partial charge in [0.15, 0.2) is 0 Å². The highest BCUT2D eigenvalue weighted by molar-refractivity contribution is 9.10. The van der Waals surface area contributed by atoms with Crippen molar-refractivity contribution in [2.45, 2.75) is 0 Å². The molecule has 0 atom stereocenters. The van der Waals surface area contributed by atoms with E-state index in [1.165, 1.54) is 6.20 Å². The van der Waals surface area contributed by atoms with E-state index in [2.05, 4.69) is 31.2 Å². The predicted molar refractivity (Wildman–Crippen MR) is 42.1 cm³/mol. The second-order valence-electron chi connectivity index (χ2n) is 1.66. The number of nitrogens with zero attached hydrogens (tertiary/aromatic N) is 1. The van der Waals surface area contributed by atoms with Crippen LogP contribution in [0, 0.1) is 0 Å². The average Bonchev–Trinajstić information content (AvgIpc) is 1.95. The van der Waals surface area contributed by atoms with Crippen LogP contribution in [0.3, 0.4) is 0 Å². The molecule has 0 fully saturated rings. The van der Waals surface area contributed by atoms with Crippen LogP contribution in [-0.4, -0.2) is 17.0 Å². The van der Waals surface area contributed by atoms with E-state index in [0.29, 0.717) is 10.4 Å². The van der Waals surface area contributed by atoms with Gasteiger partial charge in [0.25, 0.3) is 5.56 Å². The maximum atomic E-state index is 10.8. The van der Waals surface area contributed by atoms with Crippen LogP contribution in [0.25, 0.3) is 0 Å². The number of rotatable bonds is 1. The molecule has 0 aliphatic heterocycles. The Kier molecular flexibility index (Phi) is 2.06. The van der Waals surface area contributed by atoms with Crippen LogP contribution in [0.1, 0.15) is 0 Å². The maximum Gasteiger partial charge on any atom is 0.266 e. The largest absolute Gasteiger partial charge is 0.359 e. The molecule has 0 unspecified atom stereocenters. The van der Waals surface area contributed by atoms with Crippen LogP contribution in [0.15, 0.2) is 15.5 Å². The van der Waals surface area contributed by atoms with Gasteiger partial charge in [0, 0.05) is 7.05 Å². The maximum absolute atomic E-state index is 10.8. The van der Waals surface area contributed by atoms with E-state index >= 15 is 0 Å². The SMILES string of the molecule is CNc1ncc(Br)c(=O)[nH]1. The lowest BCUT2D eigenvalue weighted by Gasteiger charge is -1.95. The monoisotopic (exact) mass is 203 g/mol. The van der Waals surface area contributed by atoms with Gasteiger partial charge in [0.2, 0.25) is 5.95 Å². The molecule has 0 amide bonds. The third-order valence-electron chi connectivity index (χ3n) is 0.993. The van der Waals surface area contributed by atoms with E-state index in [9.17, 15) is 4.79 Å². The number of nitrogens with one attached hydrogen (secondary N) is 2. The number of aromatic amines is 1. The van der Waals surface area contributed by atoms with Crippen molar-refractivity contribution in [1.82, 2.24) is 9.97 Å². The number of anilines is 1. The molecular weight excluding hydrogens is 198 g/mol. The summed E-state index contributed by atoms with van der Waals surface area (Å²) in [4.78, 5) is 17.2. The first-order valence-electron chi connectivity index (χ1n) is 2.66. The average molecular weight is 204 g/mol. The fourth-order valence-corrected chi connectivity index (χ4v) is 0.708. The molecule has 1 heterocycles. The van der Waals surface area contributed by atoms with Crippen molar-refractivity contribution in [2.24, 2.45) is 0 Å². The van der Waals surface area contributed by atoms with E-state index in [1.807, 2.05) is 0 Å². The van der Waals surface area contributed by atoms with Gasteiger partial charge < -0.3 is 5.32 Å². The predicted octanol–water partition coefficient (Wildman–Crippen LogP) is 0.574. The summed E-state index contributed by atoms with van der Waals surface area (Å²) in [5, 5.41) is 2.71. The van der Waals surface area contributed by atoms with Gasteiger partial charge in [0.05, 0.1) is 6.20 Å². The van der Waals surface area contributed by atoms with E-state index in [1.54, 1.807) is 7.05 Å². The van der Waals surface area contributed by atoms with Crippen LogP contribution in [0.2, 0.25) is 0 Å². The molecule has 1 aromatic rings. The van der Waals surface area contributed by atoms with E-state index < -0.39 is 0 Å². The Bertz CT molecular complexity index is 282. The fourth-order valence-electron chi connectivity index (χ4n) is 0.506.